The summed E-state index contributed by atoms with van der Waals surface area (Å²) in [6.45, 7) is 0.314. The molecule has 3 aromatic carbocycles. The lowest BCUT2D eigenvalue weighted by Crippen LogP contribution is -2.20. The van der Waals surface area contributed by atoms with Crippen molar-refractivity contribution in [3.63, 3.8) is 0 Å². The second kappa shape index (κ2) is 9.69. The lowest BCUT2D eigenvalue weighted by atomic mass is 10.1. The van der Waals surface area contributed by atoms with Crippen LogP contribution in [0.4, 0.5) is 17.1 Å². The van der Waals surface area contributed by atoms with E-state index in [2.05, 4.69) is 10.6 Å². The van der Waals surface area contributed by atoms with Crippen molar-refractivity contribution in [3.8, 4) is 17.2 Å². The van der Waals surface area contributed by atoms with Gasteiger partial charge in [0.15, 0.2) is 18.1 Å². The minimum absolute atomic E-state index is 0.169. The third-order valence-corrected chi connectivity index (χ3v) is 4.62. The van der Waals surface area contributed by atoms with Crippen LogP contribution in [0.3, 0.4) is 0 Å². The number of hydrogen-bond donors (Lipinski definition) is 2. The van der Waals surface area contributed by atoms with E-state index >= 15 is 0 Å². The molecule has 2 amide bonds. The summed E-state index contributed by atoms with van der Waals surface area (Å²) in [5, 5.41) is 16.8. The number of para-hydroxylation sites is 1. The molecule has 0 saturated carbocycles. The molecule has 10 heteroatoms. The van der Waals surface area contributed by atoms with Crippen molar-refractivity contribution < 1.29 is 28.7 Å². The van der Waals surface area contributed by atoms with Gasteiger partial charge >= 0.3 is 0 Å². The van der Waals surface area contributed by atoms with Crippen LogP contribution in [-0.4, -0.2) is 36.6 Å². The van der Waals surface area contributed by atoms with E-state index < -0.39 is 16.5 Å². The van der Waals surface area contributed by atoms with E-state index in [1.807, 2.05) is 6.07 Å². The van der Waals surface area contributed by atoms with Crippen molar-refractivity contribution in [2.45, 2.75) is 0 Å². The van der Waals surface area contributed by atoms with Gasteiger partial charge in [0, 0.05) is 23.5 Å². The van der Waals surface area contributed by atoms with Crippen LogP contribution < -0.4 is 24.8 Å². The molecule has 33 heavy (non-hydrogen) atoms. The zero-order valence-corrected chi connectivity index (χ0v) is 17.3. The number of carbonyl (C=O) groups excluding carboxylic acids is 2. The van der Waals surface area contributed by atoms with Crippen LogP contribution in [0.15, 0.2) is 66.7 Å². The van der Waals surface area contributed by atoms with Crippen molar-refractivity contribution >= 4 is 28.9 Å². The fourth-order valence-electron chi connectivity index (χ4n) is 3.14. The quantitative estimate of drug-likeness (QED) is 0.416. The number of nitro benzene ring substituents is 1. The maximum absolute atomic E-state index is 12.8. The number of hydrogen-bond acceptors (Lipinski definition) is 7. The number of nitrogens with one attached hydrogen (secondary N) is 2. The molecule has 3 aromatic rings. The highest BCUT2D eigenvalue weighted by Gasteiger charge is 2.26. The first-order valence-corrected chi connectivity index (χ1v) is 9.97. The van der Waals surface area contributed by atoms with Crippen LogP contribution in [-0.2, 0) is 4.79 Å². The number of ether oxygens (including phenoxy) is 3. The van der Waals surface area contributed by atoms with E-state index in [1.54, 1.807) is 42.5 Å². The van der Waals surface area contributed by atoms with Crippen molar-refractivity contribution in [2.24, 2.45) is 0 Å². The molecule has 0 unspecified atom stereocenters. The Labute approximate surface area is 188 Å². The monoisotopic (exact) mass is 449 g/mol. The van der Waals surface area contributed by atoms with Gasteiger partial charge in [-0.1, -0.05) is 24.3 Å². The van der Waals surface area contributed by atoms with Crippen LogP contribution in [0.25, 0.3) is 0 Å². The van der Waals surface area contributed by atoms with E-state index in [0.717, 1.165) is 0 Å². The van der Waals surface area contributed by atoms with E-state index in [4.69, 9.17) is 14.2 Å². The number of anilines is 2. The molecule has 0 saturated heterocycles. The summed E-state index contributed by atoms with van der Waals surface area (Å²) in [6, 6.07) is 17.8. The number of benzene rings is 3. The summed E-state index contributed by atoms with van der Waals surface area (Å²) in [5.74, 6) is -0.222. The number of amides is 2. The second-order valence-electron chi connectivity index (χ2n) is 6.95. The van der Waals surface area contributed by atoms with Gasteiger partial charge in [0.25, 0.3) is 17.5 Å². The van der Waals surface area contributed by atoms with Gasteiger partial charge in [-0.3, -0.25) is 19.7 Å². The number of nitro groups is 1. The molecule has 1 aliphatic rings. The first kappa shape index (κ1) is 21.6. The molecule has 0 aliphatic carbocycles. The largest absolute Gasteiger partial charge is 0.486 e. The molecule has 1 heterocycles. The molecule has 168 valence electrons. The Morgan fingerprint density at radius 1 is 0.909 bits per heavy atom. The third-order valence-electron chi connectivity index (χ3n) is 4.62. The Morgan fingerprint density at radius 2 is 1.61 bits per heavy atom. The molecule has 10 nitrogen and oxygen atoms in total. The lowest BCUT2D eigenvalue weighted by Gasteiger charge is -2.19. The fraction of sp³-hybridized carbons (Fsp3) is 0.130. The summed E-state index contributed by atoms with van der Waals surface area (Å²) in [4.78, 5) is 35.7. The van der Waals surface area contributed by atoms with Gasteiger partial charge in [0.2, 0.25) is 0 Å². The molecule has 0 atom stereocenters. The summed E-state index contributed by atoms with van der Waals surface area (Å²) >= 11 is 0. The van der Waals surface area contributed by atoms with Gasteiger partial charge < -0.3 is 24.8 Å². The van der Waals surface area contributed by atoms with Crippen molar-refractivity contribution in [2.75, 3.05) is 30.5 Å². The summed E-state index contributed by atoms with van der Waals surface area (Å²) in [7, 11) is 0. The molecular formula is C23H19N3O7. The Balaban J connectivity index is 1.43. The smallest absolute Gasteiger partial charge is 0.286 e. The third kappa shape index (κ3) is 5.37. The Kier molecular flexibility index (Phi) is 6.35. The average Bonchev–Trinajstić information content (AvgIpc) is 2.82. The molecule has 0 spiro atoms. The van der Waals surface area contributed by atoms with Gasteiger partial charge in [0.1, 0.15) is 24.5 Å². The number of carbonyl (C=O) groups is 2. The van der Waals surface area contributed by atoms with Crippen LogP contribution in [0.5, 0.6) is 17.2 Å². The van der Waals surface area contributed by atoms with E-state index in [9.17, 15) is 19.7 Å². The summed E-state index contributed by atoms with van der Waals surface area (Å²) in [6.07, 6.45) is 0. The SMILES string of the molecule is O=C(COc1cccc(NC(=O)c2cc3c(cc2[N+](=O)[O-])OCCO3)c1)Nc1ccccc1. The molecule has 2 N–H and O–H groups in total. The molecular weight excluding hydrogens is 430 g/mol. The Bertz CT molecular complexity index is 1200. The first-order chi connectivity index (χ1) is 16.0. The topological polar surface area (TPSA) is 129 Å². The van der Waals surface area contributed by atoms with Crippen LogP contribution in [0, 0.1) is 10.1 Å². The predicted molar refractivity (Wildman–Crippen MR) is 119 cm³/mol. The van der Waals surface area contributed by atoms with Crippen molar-refractivity contribution in [1.29, 1.82) is 0 Å². The van der Waals surface area contributed by atoms with Crippen LogP contribution >= 0.6 is 0 Å². The standard InChI is InChI=1S/C23H19N3O7/c27-22(24-15-5-2-1-3-6-15)14-33-17-8-4-7-16(11-17)25-23(28)18-12-20-21(32-10-9-31-20)13-19(18)26(29)30/h1-8,11-13H,9-10,14H2,(H,24,27)(H,25,28). The highest BCUT2D eigenvalue weighted by molar-refractivity contribution is 6.07. The highest BCUT2D eigenvalue weighted by atomic mass is 16.6. The van der Waals surface area contributed by atoms with Crippen LogP contribution in [0.1, 0.15) is 10.4 Å². The van der Waals surface area contributed by atoms with E-state index in [-0.39, 0.29) is 42.8 Å². The van der Waals surface area contributed by atoms with Gasteiger partial charge in [-0.25, -0.2) is 0 Å². The van der Waals surface area contributed by atoms with Crippen molar-refractivity contribution in [1.82, 2.24) is 0 Å². The molecule has 0 radical (unpaired) electrons. The minimum atomic E-state index is -0.697. The number of nitrogens with zero attached hydrogens (tertiary/aromatic N) is 1. The normalized spacial score (nSPS) is 11.9. The summed E-state index contributed by atoms with van der Waals surface area (Å²) in [5.41, 5.74) is 0.415. The molecule has 0 aromatic heterocycles. The average molecular weight is 449 g/mol. The van der Waals surface area contributed by atoms with Crippen LogP contribution in [0.2, 0.25) is 0 Å². The molecule has 1 aliphatic heterocycles. The molecule has 4 rings (SSSR count). The van der Waals surface area contributed by atoms with Gasteiger partial charge in [-0.05, 0) is 24.3 Å². The lowest BCUT2D eigenvalue weighted by molar-refractivity contribution is -0.385. The van der Waals surface area contributed by atoms with Gasteiger partial charge in [-0.2, -0.15) is 0 Å². The zero-order chi connectivity index (χ0) is 23.2. The number of rotatable bonds is 7. The summed E-state index contributed by atoms with van der Waals surface area (Å²) < 4.78 is 16.3. The van der Waals surface area contributed by atoms with Crippen molar-refractivity contribution in [3.05, 3.63) is 82.4 Å². The second-order valence-corrected chi connectivity index (χ2v) is 6.95. The molecule has 0 bridgehead atoms. The van der Waals surface area contributed by atoms with E-state index in [0.29, 0.717) is 17.1 Å². The zero-order valence-electron chi connectivity index (χ0n) is 17.3. The number of fused-ring (bicyclic) bond motifs is 1. The van der Waals surface area contributed by atoms with E-state index in [1.165, 1.54) is 18.2 Å². The van der Waals surface area contributed by atoms with Gasteiger partial charge in [0.05, 0.1) is 11.0 Å². The Hall–Kier alpha value is -4.60. The maximum atomic E-state index is 12.8. The maximum Gasteiger partial charge on any atom is 0.286 e. The van der Waals surface area contributed by atoms with Gasteiger partial charge in [-0.15, -0.1) is 0 Å². The minimum Gasteiger partial charge on any atom is -0.486 e. The Morgan fingerprint density at radius 3 is 2.33 bits per heavy atom. The first-order valence-electron chi connectivity index (χ1n) is 9.97. The highest BCUT2D eigenvalue weighted by Crippen LogP contribution is 2.37. The predicted octanol–water partition coefficient (Wildman–Crippen LogP) is 3.64. The molecule has 0 fully saturated rings. The fourth-order valence-corrected chi connectivity index (χ4v) is 3.14.